The molecule has 4 aromatic rings. The predicted molar refractivity (Wildman–Crippen MR) is 139 cm³/mol. The number of fused-ring (bicyclic) bond motifs is 2. The number of anilines is 3. The van der Waals surface area contributed by atoms with E-state index in [4.69, 9.17) is 36.4 Å². The van der Waals surface area contributed by atoms with Crippen molar-refractivity contribution in [3.8, 4) is 11.5 Å². The van der Waals surface area contributed by atoms with Crippen molar-refractivity contribution in [2.45, 2.75) is 0 Å². The Balaban J connectivity index is 1.30. The van der Waals surface area contributed by atoms with E-state index in [0.717, 1.165) is 59.7 Å². The molecule has 0 spiro atoms. The highest BCUT2D eigenvalue weighted by Crippen LogP contribution is 2.31. The number of morpholine rings is 1. The molecule has 1 saturated heterocycles. The number of methoxy groups -OCH3 is 2. The maximum absolute atomic E-state index is 5.52. The summed E-state index contributed by atoms with van der Waals surface area (Å²) in [5.74, 6) is 1.24. The minimum atomic E-state index is 0.499. The Morgan fingerprint density at radius 2 is 1.35 bits per heavy atom. The lowest BCUT2D eigenvalue weighted by Gasteiger charge is -2.29. The van der Waals surface area contributed by atoms with E-state index >= 15 is 0 Å². The van der Waals surface area contributed by atoms with E-state index in [1.54, 1.807) is 14.2 Å². The molecule has 0 bridgehead atoms. The second-order valence-corrected chi connectivity index (χ2v) is 8.26. The largest absolute Gasteiger partial charge is 0.493 e. The predicted octanol–water partition coefficient (Wildman–Crippen LogP) is 4.45. The molecule has 3 aromatic carbocycles. The molecule has 8 nitrogen and oxygen atoms in total. The van der Waals surface area contributed by atoms with Crippen molar-refractivity contribution in [2.24, 2.45) is 0 Å². The number of thiocarbonyl (C=S) groups is 1. The van der Waals surface area contributed by atoms with E-state index in [2.05, 4.69) is 27.7 Å². The van der Waals surface area contributed by atoms with Crippen LogP contribution in [0, 0.1) is 0 Å². The van der Waals surface area contributed by atoms with Crippen LogP contribution in [0.5, 0.6) is 11.5 Å². The molecular formula is C25H25N5O3S. The van der Waals surface area contributed by atoms with Gasteiger partial charge < -0.3 is 29.7 Å². The van der Waals surface area contributed by atoms with Crippen molar-refractivity contribution in [2.75, 3.05) is 56.1 Å². The van der Waals surface area contributed by atoms with E-state index in [1.807, 2.05) is 42.5 Å². The molecule has 0 atom stereocenters. The zero-order valence-corrected chi connectivity index (χ0v) is 19.8. The molecular weight excluding hydrogens is 450 g/mol. The average Bonchev–Trinajstić information content (AvgIpc) is 2.87. The summed E-state index contributed by atoms with van der Waals surface area (Å²) in [6.45, 7) is 3.35. The number of hydrogen-bond donors (Lipinski definition) is 2. The minimum Gasteiger partial charge on any atom is -0.493 e. The van der Waals surface area contributed by atoms with Gasteiger partial charge in [0.2, 0.25) is 0 Å². The average molecular weight is 476 g/mol. The summed E-state index contributed by atoms with van der Waals surface area (Å²) in [5, 5.41) is 6.97. The summed E-state index contributed by atoms with van der Waals surface area (Å²) < 4.78 is 16.2. The standard InChI is InChI=1S/C25H25N5O3S/c1-31-23-14-21-22(15-24(23)32-2)29-20-13-17(5-8-19(20)28-21)27-25(34)26-16-3-6-18(7-4-16)30-9-11-33-12-10-30/h3-8,13-15H,9-12H2,1-2H3,(H2,26,27,34). The molecule has 0 radical (unpaired) electrons. The minimum absolute atomic E-state index is 0.499. The van der Waals surface area contributed by atoms with Crippen LogP contribution in [0.1, 0.15) is 0 Å². The Kier molecular flexibility index (Phi) is 6.29. The fraction of sp³-hybridized carbons (Fsp3) is 0.240. The number of nitrogens with zero attached hydrogens (tertiary/aromatic N) is 3. The van der Waals surface area contributed by atoms with Crippen molar-refractivity contribution in [3.63, 3.8) is 0 Å². The van der Waals surface area contributed by atoms with Gasteiger partial charge in [-0.15, -0.1) is 0 Å². The third-order valence-corrected chi connectivity index (χ3v) is 5.90. The fourth-order valence-corrected chi connectivity index (χ4v) is 4.19. The molecule has 1 aliphatic heterocycles. The first-order valence-electron chi connectivity index (χ1n) is 11.0. The number of rotatable bonds is 5. The topological polar surface area (TPSA) is 80.8 Å². The molecule has 0 unspecified atom stereocenters. The smallest absolute Gasteiger partial charge is 0.175 e. The quantitative estimate of drug-likeness (QED) is 0.321. The lowest BCUT2D eigenvalue weighted by molar-refractivity contribution is 0.122. The maximum atomic E-state index is 5.52. The SMILES string of the molecule is COc1cc2nc3ccc(NC(=S)Nc4ccc(N5CCOCC5)cc4)cc3nc2cc1OC. The zero-order valence-electron chi connectivity index (χ0n) is 19.0. The Morgan fingerprint density at radius 3 is 2.00 bits per heavy atom. The second kappa shape index (κ2) is 9.66. The normalized spacial score (nSPS) is 13.6. The molecule has 2 heterocycles. The first-order valence-corrected chi connectivity index (χ1v) is 11.4. The van der Waals surface area contributed by atoms with Crippen LogP contribution in [0.4, 0.5) is 17.1 Å². The van der Waals surface area contributed by atoms with Crippen LogP contribution in [0.25, 0.3) is 22.1 Å². The fourth-order valence-electron chi connectivity index (χ4n) is 3.95. The number of nitrogens with one attached hydrogen (secondary N) is 2. The van der Waals surface area contributed by atoms with Crippen LogP contribution < -0.4 is 25.0 Å². The van der Waals surface area contributed by atoms with E-state index in [-0.39, 0.29) is 0 Å². The molecule has 34 heavy (non-hydrogen) atoms. The van der Waals surface area contributed by atoms with Crippen LogP contribution in [0.15, 0.2) is 54.6 Å². The van der Waals surface area contributed by atoms with Gasteiger partial charge >= 0.3 is 0 Å². The number of aromatic nitrogens is 2. The Bertz CT molecular complexity index is 1340. The summed E-state index contributed by atoms with van der Waals surface area (Å²) in [4.78, 5) is 11.8. The molecule has 9 heteroatoms. The number of hydrogen-bond acceptors (Lipinski definition) is 7. The van der Waals surface area contributed by atoms with Gasteiger partial charge in [-0.3, -0.25) is 0 Å². The van der Waals surface area contributed by atoms with Crippen LogP contribution in [0.3, 0.4) is 0 Å². The van der Waals surface area contributed by atoms with Gasteiger partial charge in [-0.1, -0.05) is 0 Å². The molecule has 0 amide bonds. The van der Waals surface area contributed by atoms with Gasteiger partial charge in [0.25, 0.3) is 0 Å². The summed E-state index contributed by atoms with van der Waals surface area (Å²) >= 11 is 5.52. The van der Waals surface area contributed by atoms with Crippen LogP contribution in [-0.2, 0) is 4.74 Å². The van der Waals surface area contributed by atoms with Crippen LogP contribution >= 0.6 is 12.2 Å². The van der Waals surface area contributed by atoms with Gasteiger partial charge in [-0.2, -0.15) is 0 Å². The molecule has 5 rings (SSSR count). The molecule has 1 fully saturated rings. The Morgan fingerprint density at radius 1 is 0.794 bits per heavy atom. The van der Waals surface area contributed by atoms with Gasteiger partial charge in [-0.25, -0.2) is 9.97 Å². The van der Waals surface area contributed by atoms with Crippen LogP contribution in [0.2, 0.25) is 0 Å². The first kappa shape index (κ1) is 22.1. The highest BCUT2D eigenvalue weighted by Gasteiger charge is 2.12. The highest BCUT2D eigenvalue weighted by atomic mass is 32.1. The lowest BCUT2D eigenvalue weighted by Crippen LogP contribution is -2.36. The van der Waals surface area contributed by atoms with E-state index < -0.39 is 0 Å². The maximum Gasteiger partial charge on any atom is 0.175 e. The van der Waals surface area contributed by atoms with Crippen molar-refractivity contribution < 1.29 is 14.2 Å². The molecule has 0 aliphatic carbocycles. The van der Waals surface area contributed by atoms with E-state index in [1.165, 1.54) is 5.69 Å². The molecule has 2 N–H and O–H groups in total. The molecule has 1 aromatic heterocycles. The molecule has 174 valence electrons. The van der Waals surface area contributed by atoms with Crippen LogP contribution in [-0.4, -0.2) is 55.6 Å². The number of benzene rings is 3. The van der Waals surface area contributed by atoms with Gasteiger partial charge in [0.15, 0.2) is 16.6 Å². The second-order valence-electron chi connectivity index (χ2n) is 7.85. The summed E-state index contributed by atoms with van der Waals surface area (Å²) in [7, 11) is 3.20. The van der Waals surface area contributed by atoms with E-state index in [0.29, 0.717) is 16.6 Å². The first-order chi connectivity index (χ1) is 16.6. The summed E-state index contributed by atoms with van der Waals surface area (Å²) in [5.41, 5.74) is 5.92. The Labute approximate surface area is 202 Å². The van der Waals surface area contributed by atoms with Crippen molar-refractivity contribution in [1.29, 1.82) is 0 Å². The summed E-state index contributed by atoms with van der Waals surface area (Å²) in [6.07, 6.45) is 0. The molecule has 0 saturated carbocycles. The van der Waals surface area contributed by atoms with Crippen molar-refractivity contribution >= 4 is 56.5 Å². The number of ether oxygens (including phenoxy) is 3. The monoisotopic (exact) mass is 475 g/mol. The lowest BCUT2D eigenvalue weighted by atomic mass is 10.2. The summed E-state index contributed by atoms with van der Waals surface area (Å²) in [6, 6.07) is 17.7. The zero-order chi connectivity index (χ0) is 23.5. The van der Waals surface area contributed by atoms with Gasteiger partial charge in [0.1, 0.15) is 0 Å². The third-order valence-electron chi connectivity index (χ3n) is 5.70. The Hall–Kier alpha value is -3.69. The van der Waals surface area contributed by atoms with E-state index in [9.17, 15) is 0 Å². The van der Waals surface area contributed by atoms with Crippen molar-refractivity contribution in [3.05, 3.63) is 54.6 Å². The highest BCUT2D eigenvalue weighted by molar-refractivity contribution is 7.80. The van der Waals surface area contributed by atoms with Gasteiger partial charge in [0.05, 0.1) is 49.5 Å². The molecule has 1 aliphatic rings. The van der Waals surface area contributed by atoms with Crippen molar-refractivity contribution in [1.82, 2.24) is 9.97 Å². The van der Waals surface area contributed by atoms with Gasteiger partial charge in [-0.05, 0) is 54.7 Å². The van der Waals surface area contributed by atoms with Gasteiger partial charge in [0, 0.05) is 42.3 Å². The third kappa shape index (κ3) is 4.66.